The van der Waals surface area contributed by atoms with E-state index in [1.165, 1.54) is 24.3 Å². The van der Waals surface area contributed by atoms with Gasteiger partial charge in [-0.1, -0.05) is 12.3 Å². The minimum Gasteiger partial charge on any atom is -0.432 e. The maximum absolute atomic E-state index is 11.5. The van der Waals surface area contributed by atoms with Gasteiger partial charge in [0, 0.05) is 18.6 Å². The fraction of sp³-hybridized carbons (Fsp3) is 0.471. The number of hydrogen-bond donors (Lipinski definition) is 0. The van der Waals surface area contributed by atoms with E-state index in [1.807, 2.05) is 0 Å². The molecule has 0 N–H and O–H groups in total. The summed E-state index contributed by atoms with van der Waals surface area (Å²) in [6, 6.07) is 5.16. The van der Waals surface area contributed by atoms with E-state index in [0.717, 1.165) is 32.1 Å². The Morgan fingerprint density at radius 2 is 2.00 bits per heavy atom. The van der Waals surface area contributed by atoms with E-state index in [9.17, 15) is 14.9 Å². The number of nitro groups is 1. The number of benzene rings is 1. The van der Waals surface area contributed by atoms with Gasteiger partial charge in [0.15, 0.2) is 0 Å². The minimum absolute atomic E-state index is 0.0595. The van der Waals surface area contributed by atoms with Gasteiger partial charge >= 0.3 is 6.16 Å². The van der Waals surface area contributed by atoms with Crippen molar-refractivity contribution in [1.29, 1.82) is 0 Å². The van der Waals surface area contributed by atoms with Gasteiger partial charge in [0.25, 0.3) is 5.69 Å². The number of nitro benzene ring substituents is 1. The van der Waals surface area contributed by atoms with Crippen LogP contribution in [-0.2, 0) is 9.47 Å². The molecule has 1 atom stereocenters. The minimum atomic E-state index is -0.879. The first-order valence-electron chi connectivity index (χ1n) is 7.84. The summed E-state index contributed by atoms with van der Waals surface area (Å²) in [6.45, 7) is 0.304. The number of nitrogens with zero attached hydrogens (tertiary/aromatic N) is 1. The van der Waals surface area contributed by atoms with Crippen molar-refractivity contribution < 1.29 is 23.9 Å². The van der Waals surface area contributed by atoms with Crippen molar-refractivity contribution in [3.63, 3.8) is 0 Å². The summed E-state index contributed by atoms with van der Waals surface area (Å²) >= 11 is 0. The van der Waals surface area contributed by atoms with Crippen molar-refractivity contribution >= 4 is 11.8 Å². The largest absolute Gasteiger partial charge is 0.513 e. The molecule has 0 aliphatic heterocycles. The van der Waals surface area contributed by atoms with Crippen LogP contribution in [0, 0.1) is 22.0 Å². The van der Waals surface area contributed by atoms with Gasteiger partial charge in [0.05, 0.1) is 11.5 Å². The molecule has 0 saturated heterocycles. The van der Waals surface area contributed by atoms with Gasteiger partial charge in [-0.05, 0) is 31.4 Å². The highest BCUT2D eigenvalue weighted by Crippen LogP contribution is 2.17. The van der Waals surface area contributed by atoms with Crippen LogP contribution in [0.4, 0.5) is 10.5 Å². The summed E-state index contributed by atoms with van der Waals surface area (Å²) in [5, 5.41) is 10.5. The summed E-state index contributed by atoms with van der Waals surface area (Å²) < 4.78 is 15.4. The van der Waals surface area contributed by atoms with Crippen molar-refractivity contribution in [2.24, 2.45) is 0 Å². The van der Waals surface area contributed by atoms with Crippen LogP contribution in [0.15, 0.2) is 24.3 Å². The van der Waals surface area contributed by atoms with E-state index in [-0.39, 0.29) is 30.8 Å². The fourth-order valence-corrected chi connectivity index (χ4v) is 2.18. The summed E-state index contributed by atoms with van der Waals surface area (Å²) in [5.74, 6) is 6.32. The number of rotatable bonds is 6. The lowest BCUT2D eigenvalue weighted by Gasteiger charge is -2.13. The van der Waals surface area contributed by atoms with Crippen molar-refractivity contribution in [2.45, 2.75) is 38.2 Å². The van der Waals surface area contributed by atoms with Gasteiger partial charge in [-0.25, -0.2) is 4.79 Å². The molecule has 0 spiro atoms. The van der Waals surface area contributed by atoms with E-state index >= 15 is 0 Å². The standard InChI is InChI=1S/C17H19NO6/c19-17(24-16-10-8-14(9-11-16)18(20)21)23-13-12-22-15-6-4-2-1-3-5-7-15/h8-11,15H,1-4,6,12-13H2. The first kappa shape index (κ1) is 17.8. The topological polar surface area (TPSA) is 87.9 Å². The van der Waals surface area contributed by atoms with E-state index < -0.39 is 11.1 Å². The Bertz CT molecular complexity index is 616. The predicted molar refractivity (Wildman–Crippen MR) is 85.7 cm³/mol. The van der Waals surface area contributed by atoms with Gasteiger partial charge in [0.1, 0.15) is 18.5 Å². The molecule has 0 fully saturated rings. The zero-order valence-corrected chi connectivity index (χ0v) is 13.2. The Kier molecular flexibility index (Phi) is 7.05. The van der Waals surface area contributed by atoms with Crippen LogP contribution in [-0.4, -0.2) is 30.4 Å². The Balaban J connectivity index is 1.66. The molecule has 0 radical (unpaired) electrons. The summed E-state index contributed by atoms with van der Waals surface area (Å²) in [4.78, 5) is 21.5. The van der Waals surface area contributed by atoms with Crippen LogP contribution in [0.2, 0.25) is 0 Å². The molecule has 0 saturated carbocycles. The SMILES string of the molecule is O=C(OCCOC1C#CCCCCC1)Oc1ccc([N+](=O)[O-])cc1. The lowest BCUT2D eigenvalue weighted by Crippen LogP contribution is -2.18. The normalized spacial score (nSPS) is 16.9. The average Bonchev–Trinajstić information content (AvgIpc) is 2.53. The van der Waals surface area contributed by atoms with Crippen LogP contribution in [0.1, 0.15) is 32.1 Å². The second-order valence-corrected chi connectivity index (χ2v) is 5.23. The van der Waals surface area contributed by atoms with Gasteiger partial charge < -0.3 is 14.2 Å². The zero-order chi connectivity index (χ0) is 17.2. The number of carbonyl (C=O) groups is 1. The van der Waals surface area contributed by atoms with Crippen molar-refractivity contribution in [2.75, 3.05) is 13.2 Å². The lowest BCUT2D eigenvalue weighted by atomic mass is 10.1. The molecule has 2 rings (SSSR count). The molecule has 7 heteroatoms. The molecular formula is C17H19NO6. The quantitative estimate of drug-likeness (QED) is 0.198. The third kappa shape index (κ3) is 6.26. The third-order valence-corrected chi connectivity index (χ3v) is 3.40. The van der Waals surface area contributed by atoms with Crippen LogP contribution in [0.5, 0.6) is 5.75 Å². The molecule has 1 aliphatic rings. The Morgan fingerprint density at radius 1 is 1.21 bits per heavy atom. The maximum Gasteiger partial charge on any atom is 0.513 e. The molecule has 1 aromatic carbocycles. The van der Waals surface area contributed by atoms with E-state index in [0.29, 0.717) is 0 Å². The van der Waals surface area contributed by atoms with Crippen molar-refractivity contribution in [3.05, 3.63) is 34.4 Å². The van der Waals surface area contributed by atoms with E-state index in [4.69, 9.17) is 14.2 Å². The molecular weight excluding hydrogens is 314 g/mol. The molecule has 7 nitrogen and oxygen atoms in total. The Morgan fingerprint density at radius 3 is 2.75 bits per heavy atom. The molecule has 0 heterocycles. The summed E-state index contributed by atoms with van der Waals surface area (Å²) in [6.07, 6.45) is 4.18. The lowest BCUT2D eigenvalue weighted by molar-refractivity contribution is -0.384. The van der Waals surface area contributed by atoms with Gasteiger partial charge in [-0.3, -0.25) is 10.1 Å². The second kappa shape index (κ2) is 9.53. The van der Waals surface area contributed by atoms with E-state index in [1.54, 1.807) is 0 Å². The fourth-order valence-electron chi connectivity index (χ4n) is 2.18. The van der Waals surface area contributed by atoms with Gasteiger partial charge in [0.2, 0.25) is 0 Å². The highest BCUT2D eigenvalue weighted by Gasteiger charge is 2.11. The van der Waals surface area contributed by atoms with Crippen LogP contribution in [0.3, 0.4) is 0 Å². The summed E-state index contributed by atoms with van der Waals surface area (Å²) in [5.41, 5.74) is -0.0792. The molecule has 128 valence electrons. The van der Waals surface area contributed by atoms with Crippen molar-refractivity contribution in [1.82, 2.24) is 0 Å². The second-order valence-electron chi connectivity index (χ2n) is 5.23. The molecule has 1 aromatic rings. The molecule has 0 amide bonds. The van der Waals surface area contributed by atoms with Crippen LogP contribution >= 0.6 is 0 Å². The number of ether oxygens (including phenoxy) is 3. The molecule has 24 heavy (non-hydrogen) atoms. The molecule has 0 bridgehead atoms. The van der Waals surface area contributed by atoms with Crippen LogP contribution < -0.4 is 4.74 Å². The van der Waals surface area contributed by atoms with Gasteiger partial charge in [-0.2, -0.15) is 0 Å². The first-order chi connectivity index (χ1) is 11.6. The number of carbonyl (C=O) groups excluding carboxylic acids is 1. The molecule has 1 aliphatic carbocycles. The predicted octanol–water partition coefficient (Wildman–Crippen LogP) is 3.46. The highest BCUT2D eigenvalue weighted by atomic mass is 16.7. The molecule has 0 aromatic heterocycles. The Hall–Kier alpha value is -2.59. The Labute approximate surface area is 140 Å². The van der Waals surface area contributed by atoms with Crippen LogP contribution in [0.25, 0.3) is 0 Å². The molecule has 1 unspecified atom stereocenters. The van der Waals surface area contributed by atoms with E-state index in [2.05, 4.69) is 11.8 Å². The number of hydrogen-bond acceptors (Lipinski definition) is 6. The first-order valence-corrected chi connectivity index (χ1v) is 7.84. The number of non-ortho nitro benzene ring substituents is 1. The third-order valence-electron chi connectivity index (χ3n) is 3.40. The maximum atomic E-state index is 11.5. The van der Waals surface area contributed by atoms with Gasteiger partial charge in [-0.15, -0.1) is 5.92 Å². The summed E-state index contributed by atoms with van der Waals surface area (Å²) in [7, 11) is 0. The highest BCUT2D eigenvalue weighted by molar-refractivity contribution is 5.63. The monoisotopic (exact) mass is 333 g/mol. The zero-order valence-electron chi connectivity index (χ0n) is 13.2. The smallest absolute Gasteiger partial charge is 0.432 e. The average molecular weight is 333 g/mol. The van der Waals surface area contributed by atoms with Crippen molar-refractivity contribution in [3.8, 4) is 17.6 Å².